The van der Waals surface area contributed by atoms with Crippen LogP contribution in [0.4, 0.5) is 5.69 Å². The lowest BCUT2D eigenvalue weighted by Gasteiger charge is -2.32. The third-order valence-electron chi connectivity index (χ3n) is 5.00. The van der Waals surface area contributed by atoms with E-state index in [-0.39, 0.29) is 18.6 Å². The Morgan fingerprint density at radius 3 is 2.57 bits per heavy atom. The van der Waals surface area contributed by atoms with Crippen LogP contribution in [0.5, 0.6) is 11.5 Å². The fourth-order valence-electron chi connectivity index (χ4n) is 3.49. The van der Waals surface area contributed by atoms with Gasteiger partial charge in [0, 0.05) is 0 Å². The van der Waals surface area contributed by atoms with Crippen LogP contribution in [-0.4, -0.2) is 45.9 Å². The molecular weight excluding hydrogens is 404 g/mol. The first-order chi connectivity index (χ1) is 14.2. The maximum Gasteiger partial charge on any atom is 0.244 e. The normalized spacial score (nSPS) is 16.6. The number of para-hydroxylation sites is 2. The van der Waals surface area contributed by atoms with E-state index in [2.05, 4.69) is 5.32 Å². The largest absolute Gasteiger partial charge is 0.486 e. The van der Waals surface area contributed by atoms with Crippen molar-refractivity contribution in [3.05, 3.63) is 53.6 Å². The van der Waals surface area contributed by atoms with E-state index in [1.54, 1.807) is 13.0 Å². The van der Waals surface area contributed by atoms with Gasteiger partial charge in [-0.1, -0.05) is 31.2 Å². The molecule has 2 aromatic carbocycles. The van der Waals surface area contributed by atoms with Gasteiger partial charge in [0.1, 0.15) is 18.8 Å². The molecule has 1 aliphatic rings. The Hall–Kier alpha value is -2.74. The Labute approximate surface area is 178 Å². The van der Waals surface area contributed by atoms with Crippen molar-refractivity contribution in [2.24, 2.45) is 0 Å². The molecule has 0 aliphatic carbocycles. The van der Waals surface area contributed by atoms with Gasteiger partial charge in [-0.3, -0.25) is 9.10 Å². The number of fused-ring (bicyclic) bond motifs is 1. The summed E-state index contributed by atoms with van der Waals surface area (Å²) in [6.07, 6.45) is 1.10. The minimum Gasteiger partial charge on any atom is -0.486 e. The minimum absolute atomic E-state index is 0.216. The molecule has 0 saturated heterocycles. The van der Waals surface area contributed by atoms with E-state index in [1.165, 1.54) is 4.31 Å². The Kier molecular flexibility index (Phi) is 6.55. The quantitative estimate of drug-likeness (QED) is 0.727. The zero-order valence-corrected chi connectivity index (χ0v) is 18.5. The number of rotatable bonds is 7. The lowest BCUT2D eigenvalue weighted by molar-refractivity contribution is -0.122. The highest BCUT2D eigenvalue weighted by Gasteiger charge is 2.33. The molecule has 1 amide bonds. The minimum atomic E-state index is -3.68. The highest BCUT2D eigenvalue weighted by atomic mass is 32.2. The second-order valence-electron chi connectivity index (χ2n) is 7.52. The van der Waals surface area contributed by atoms with Gasteiger partial charge in [0.2, 0.25) is 15.9 Å². The summed E-state index contributed by atoms with van der Waals surface area (Å²) in [5, 5.41) is 2.84. The molecule has 0 spiro atoms. The van der Waals surface area contributed by atoms with E-state index in [4.69, 9.17) is 9.47 Å². The average Bonchev–Trinajstić information content (AvgIpc) is 2.71. The molecule has 0 fully saturated rings. The van der Waals surface area contributed by atoms with Crippen LogP contribution in [0, 0.1) is 13.8 Å². The summed E-state index contributed by atoms with van der Waals surface area (Å²) >= 11 is 0. The SMILES string of the molecule is CC[C@H](C(=O)NC[C@@H]1COc2ccccc2O1)N(c1cc(C)ccc1C)S(C)(=O)=O. The van der Waals surface area contributed by atoms with Crippen LogP contribution >= 0.6 is 0 Å². The molecule has 3 rings (SSSR count). The van der Waals surface area contributed by atoms with Crippen molar-refractivity contribution in [2.45, 2.75) is 39.3 Å². The number of nitrogens with one attached hydrogen (secondary N) is 1. The van der Waals surface area contributed by atoms with Gasteiger partial charge in [-0.15, -0.1) is 0 Å². The van der Waals surface area contributed by atoms with Crippen LogP contribution < -0.4 is 19.1 Å². The van der Waals surface area contributed by atoms with Gasteiger partial charge in [0.25, 0.3) is 0 Å². The van der Waals surface area contributed by atoms with E-state index in [9.17, 15) is 13.2 Å². The van der Waals surface area contributed by atoms with Gasteiger partial charge in [-0.2, -0.15) is 0 Å². The Morgan fingerprint density at radius 1 is 1.20 bits per heavy atom. The predicted octanol–water partition coefficient (Wildman–Crippen LogP) is 2.80. The van der Waals surface area contributed by atoms with E-state index in [0.717, 1.165) is 17.4 Å². The van der Waals surface area contributed by atoms with Crippen LogP contribution in [-0.2, 0) is 14.8 Å². The summed E-state index contributed by atoms with van der Waals surface area (Å²) in [6.45, 7) is 6.05. The highest BCUT2D eigenvalue weighted by molar-refractivity contribution is 7.92. The van der Waals surface area contributed by atoms with Gasteiger partial charge in [0.15, 0.2) is 11.5 Å². The zero-order valence-electron chi connectivity index (χ0n) is 17.7. The number of carbonyl (C=O) groups excluding carboxylic acids is 1. The maximum absolute atomic E-state index is 13.0. The van der Waals surface area contributed by atoms with Crippen LogP contribution in [0.2, 0.25) is 0 Å². The molecule has 1 aliphatic heterocycles. The zero-order chi connectivity index (χ0) is 21.9. The molecule has 1 N–H and O–H groups in total. The van der Waals surface area contributed by atoms with Crippen molar-refractivity contribution in [1.29, 1.82) is 0 Å². The topological polar surface area (TPSA) is 84.9 Å². The number of anilines is 1. The third-order valence-corrected chi connectivity index (χ3v) is 6.17. The summed E-state index contributed by atoms with van der Waals surface area (Å²) < 4.78 is 38.1. The average molecular weight is 433 g/mol. The molecule has 162 valence electrons. The number of aryl methyl sites for hydroxylation is 2. The van der Waals surface area contributed by atoms with E-state index >= 15 is 0 Å². The molecule has 0 bridgehead atoms. The van der Waals surface area contributed by atoms with Crippen molar-refractivity contribution >= 4 is 21.6 Å². The molecule has 0 saturated carbocycles. The fraction of sp³-hybridized carbons (Fsp3) is 0.409. The first-order valence-electron chi connectivity index (χ1n) is 9.93. The smallest absolute Gasteiger partial charge is 0.244 e. The van der Waals surface area contributed by atoms with E-state index < -0.39 is 16.1 Å². The second-order valence-corrected chi connectivity index (χ2v) is 9.37. The van der Waals surface area contributed by atoms with Crippen LogP contribution in [0.15, 0.2) is 42.5 Å². The van der Waals surface area contributed by atoms with Gasteiger partial charge < -0.3 is 14.8 Å². The number of hydrogen-bond acceptors (Lipinski definition) is 5. The number of sulfonamides is 1. The van der Waals surface area contributed by atoms with Crippen molar-refractivity contribution in [3.8, 4) is 11.5 Å². The van der Waals surface area contributed by atoms with E-state index in [0.29, 0.717) is 30.2 Å². The van der Waals surface area contributed by atoms with Gasteiger partial charge in [-0.05, 0) is 49.6 Å². The molecule has 7 nitrogen and oxygen atoms in total. The number of nitrogens with zero attached hydrogens (tertiary/aromatic N) is 1. The Morgan fingerprint density at radius 2 is 1.90 bits per heavy atom. The Balaban J connectivity index is 1.76. The molecule has 30 heavy (non-hydrogen) atoms. The summed E-state index contributed by atoms with van der Waals surface area (Å²) in [7, 11) is -3.68. The molecular formula is C22H28N2O5S. The second kappa shape index (κ2) is 8.95. The van der Waals surface area contributed by atoms with Crippen molar-refractivity contribution in [3.63, 3.8) is 0 Å². The summed E-state index contributed by atoms with van der Waals surface area (Å²) in [6, 6.07) is 12.1. The van der Waals surface area contributed by atoms with E-state index in [1.807, 2.05) is 50.2 Å². The van der Waals surface area contributed by atoms with Crippen molar-refractivity contribution in [1.82, 2.24) is 5.32 Å². The predicted molar refractivity (Wildman–Crippen MR) is 117 cm³/mol. The number of ether oxygens (including phenoxy) is 2. The molecule has 0 aromatic heterocycles. The first-order valence-corrected chi connectivity index (χ1v) is 11.8. The lowest BCUT2D eigenvalue weighted by Crippen LogP contribution is -2.51. The molecule has 1 heterocycles. The lowest BCUT2D eigenvalue weighted by atomic mass is 10.1. The number of amides is 1. The fourth-order valence-corrected chi connectivity index (χ4v) is 4.75. The summed E-state index contributed by atoms with van der Waals surface area (Å²) in [5.41, 5.74) is 2.23. The molecule has 2 aromatic rings. The van der Waals surface area contributed by atoms with Crippen LogP contribution in [0.1, 0.15) is 24.5 Å². The molecule has 0 radical (unpaired) electrons. The Bertz CT molecular complexity index is 1020. The van der Waals surface area contributed by atoms with Crippen LogP contribution in [0.25, 0.3) is 0 Å². The number of hydrogen-bond donors (Lipinski definition) is 1. The van der Waals surface area contributed by atoms with Gasteiger partial charge >= 0.3 is 0 Å². The monoisotopic (exact) mass is 432 g/mol. The molecule has 2 atom stereocenters. The molecule has 0 unspecified atom stereocenters. The third kappa shape index (κ3) is 4.87. The van der Waals surface area contributed by atoms with Gasteiger partial charge in [-0.25, -0.2) is 8.42 Å². The molecule has 8 heteroatoms. The first kappa shape index (κ1) is 22.0. The maximum atomic E-state index is 13.0. The van der Waals surface area contributed by atoms with Crippen LogP contribution in [0.3, 0.4) is 0 Å². The van der Waals surface area contributed by atoms with Gasteiger partial charge in [0.05, 0.1) is 18.5 Å². The highest BCUT2D eigenvalue weighted by Crippen LogP contribution is 2.31. The van der Waals surface area contributed by atoms with Crippen molar-refractivity contribution in [2.75, 3.05) is 23.7 Å². The summed E-state index contributed by atoms with van der Waals surface area (Å²) in [4.78, 5) is 13.0. The van der Waals surface area contributed by atoms with Crippen molar-refractivity contribution < 1.29 is 22.7 Å². The number of benzene rings is 2. The number of carbonyl (C=O) groups is 1. The summed E-state index contributed by atoms with van der Waals surface area (Å²) in [5.74, 6) is 0.930. The standard InChI is InChI=1S/C22H28N2O5S/c1-5-18(24(30(4,26)27)19-12-15(2)10-11-16(19)3)22(25)23-13-17-14-28-20-8-6-7-9-21(20)29-17/h6-12,17-18H,5,13-14H2,1-4H3,(H,23,25)/t17-,18-/m1/s1.